The Bertz CT molecular complexity index is 3760. The van der Waals surface area contributed by atoms with Gasteiger partial charge in [-0.3, -0.25) is 0 Å². The Morgan fingerprint density at radius 2 is 0.838 bits per heavy atom. The first kappa shape index (κ1) is 40.1. The number of benzene rings is 10. The minimum Gasteiger partial charge on any atom is -0.310 e. The minimum atomic E-state index is -0.218. The Balaban J connectivity index is 0.944. The van der Waals surface area contributed by atoms with Gasteiger partial charge < -0.3 is 9.47 Å². The van der Waals surface area contributed by atoms with Crippen LogP contribution in [0, 0.1) is 0 Å². The number of anilines is 3. The molecule has 0 spiro atoms. The first-order valence-electron chi connectivity index (χ1n) is 23.9. The van der Waals surface area contributed by atoms with Crippen LogP contribution >= 0.6 is 0 Å². The topological polar surface area (TPSA) is 8.17 Å². The van der Waals surface area contributed by atoms with Crippen LogP contribution in [0.3, 0.4) is 0 Å². The lowest BCUT2D eigenvalue weighted by molar-refractivity contribution is 0.660. The molecule has 0 radical (unpaired) electrons. The highest BCUT2D eigenvalue weighted by molar-refractivity contribution is 6.11. The van der Waals surface area contributed by atoms with E-state index < -0.39 is 0 Å². The standard InChI is InChI=1S/C66H50N2/c1-65(2)58-24-14-11-21-53(58)54-37-36-50(42-60(54)65)67(48-32-27-44(28-33-48)43-17-7-5-8-18-43)49-34-29-45(30-35-49)52-39-38-51(63-56-23-12-15-25-59(56)66(3,4)64(52)63)46-31-40-62-57(41-46)55-22-13-16-26-61(55)68(62)47-19-9-6-10-20-47/h5-42H,1-4H3. The fourth-order valence-corrected chi connectivity index (χ4v) is 11.9. The van der Waals surface area contributed by atoms with Crippen molar-refractivity contribution >= 4 is 38.9 Å². The van der Waals surface area contributed by atoms with Gasteiger partial charge in [-0.15, -0.1) is 0 Å². The van der Waals surface area contributed by atoms with Crippen LogP contribution in [-0.2, 0) is 10.8 Å². The third-order valence-corrected chi connectivity index (χ3v) is 15.2. The molecule has 0 unspecified atom stereocenters. The molecule has 1 heterocycles. The number of rotatable bonds is 7. The maximum atomic E-state index is 2.43. The van der Waals surface area contributed by atoms with Gasteiger partial charge >= 0.3 is 0 Å². The number of para-hydroxylation sites is 2. The Labute approximate surface area is 399 Å². The predicted octanol–water partition coefficient (Wildman–Crippen LogP) is 17.9. The lowest BCUT2D eigenvalue weighted by Gasteiger charge is -2.29. The number of hydrogen-bond donors (Lipinski definition) is 0. The first-order chi connectivity index (χ1) is 33.3. The molecule has 2 heteroatoms. The van der Waals surface area contributed by atoms with E-state index in [2.05, 4.69) is 268 Å². The second kappa shape index (κ2) is 15.2. The van der Waals surface area contributed by atoms with Gasteiger partial charge in [0.1, 0.15) is 0 Å². The van der Waals surface area contributed by atoms with Crippen molar-refractivity contribution in [3.8, 4) is 61.3 Å². The molecule has 0 saturated heterocycles. The maximum Gasteiger partial charge on any atom is 0.0541 e. The van der Waals surface area contributed by atoms with Gasteiger partial charge in [-0.2, -0.15) is 0 Å². The third kappa shape index (κ3) is 6.03. The Hall–Kier alpha value is -8.20. The van der Waals surface area contributed by atoms with Crippen LogP contribution in [0.15, 0.2) is 231 Å². The zero-order chi connectivity index (χ0) is 45.7. The van der Waals surface area contributed by atoms with E-state index in [1.807, 2.05) is 0 Å². The largest absolute Gasteiger partial charge is 0.310 e. The van der Waals surface area contributed by atoms with E-state index in [1.54, 1.807) is 0 Å². The zero-order valence-electron chi connectivity index (χ0n) is 38.8. The van der Waals surface area contributed by atoms with Crippen molar-refractivity contribution < 1.29 is 0 Å². The molecule has 0 amide bonds. The van der Waals surface area contributed by atoms with Crippen molar-refractivity contribution in [2.75, 3.05) is 4.90 Å². The van der Waals surface area contributed by atoms with Gasteiger partial charge in [0.25, 0.3) is 0 Å². The van der Waals surface area contributed by atoms with Gasteiger partial charge in [-0.1, -0.05) is 191 Å². The van der Waals surface area contributed by atoms with Crippen molar-refractivity contribution in [3.63, 3.8) is 0 Å². The van der Waals surface area contributed by atoms with E-state index in [1.165, 1.54) is 105 Å². The smallest absolute Gasteiger partial charge is 0.0541 e. The highest BCUT2D eigenvalue weighted by Gasteiger charge is 2.40. The summed E-state index contributed by atoms with van der Waals surface area (Å²) in [6, 6.07) is 85.4. The first-order valence-corrected chi connectivity index (χ1v) is 23.9. The average molecular weight is 871 g/mol. The van der Waals surface area contributed by atoms with E-state index in [4.69, 9.17) is 0 Å². The molecular formula is C66H50N2. The average Bonchev–Trinajstić information content (AvgIpc) is 3.94. The van der Waals surface area contributed by atoms with Crippen molar-refractivity contribution in [1.29, 1.82) is 0 Å². The van der Waals surface area contributed by atoms with Gasteiger partial charge in [-0.05, 0) is 145 Å². The SMILES string of the molecule is CC1(C)c2ccccc2-c2ccc(N(c3ccc(-c4ccccc4)cc3)c3ccc(-c4ccc(-c5ccc6c(c5)c5ccccc5n6-c5ccccc5)c5c4C(C)(C)c4ccccc4-5)cc3)cc21. The summed E-state index contributed by atoms with van der Waals surface area (Å²) in [5.74, 6) is 0. The third-order valence-electron chi connectivity index (χ3n) is 15.2. The minimum absolute atomic E-state index is 0.113. The van der Waals surface area contributed by atoms with Gasteiger partial charge in [0.05, 0.1) is 11.0 Å². The van der Waals surface area contributed by atoms with Gasteiger partial charge in [-0.25, -0.2) is 0 Å². The number of aromatic nitrogens is 1. The molecule has 0 saturated carbocycles. The van der Waals surface area contributed by atoms with Crippen LogP contribution < -0.4 is 4.90 Å². The molecule has 0 bridgehead atoms. The molecule has 10 aromatic carbocycles. The highest BCUT2D eigenvalue weighted by Crippen LogP contribution is 2.56. The molecule has 2 nitrogen and oxygen atoms in total. The van der Waals surface area contributed by atoms with Gasteiger partial charge in [0.2, 0.25) is 0 Å². The molecule has 0 aliphatic heterocycles. The quantitative estimate of drug-likeness (QED) is 0.155. The van der Waals surface area contributed by atoms with Crippen LogP contribution in [0.1, 0.15) is 49.9 Å². The number of fused-ring (bicyclic) bond motifs is 9. The molecular weight excluding hydrogens is 821 g/mol. The van der Waals surface area contributed by atoms with Crippen LogP contribution in [0.4, 0.5) is 17.1 Å². The van der Waals surface area contributed by atoms with Crippen molar-refractivity contribution in [2.24, 2.45) is 0 Å². The fraction of sp³-hybridized carbons (Fsp3) is 0.0909. The highest BCUT2D eigenvalue weighted by atomic mass is 15.1. The molecule has 0 N–H and O–H groups in total. The predicted molar refractivity (Wildman–Crippen MR) is 287 cm³/mol. The molecule has 2 aliphatic carbocycles. The molecule has 0 fully saturated rings. The van der Waals surface area contributed by atoms with Crippen molar-refractivity contribution in [2.45, 2.75) is 38.5 Å². The summed E-state index contributed by atoms with van der Waals surface area (Å²) < 4.78 is 2.40. The van der Waals surface area contributed by atoms with Crippen molar-refractivity contribution in [1.82, 2.24) is 4.57 Å². The summed E-state index contributed by atoms with van der Waals surface area (Å²) in [5, 5.41) is 2.52. The van der Waals surface area contributed by atoms with E-state index in [0.717, 1.165) is 17.1 Å². The Morgan fingerprint density at radius 3 is 1.57 bits per heavy atom. The Morgan fingerprint density at radius 1 is 0.324 bits per heavy atom. The summed E-state index contributed by atoms with van der Waals surface area (Å²) in [7, 11) is 0. The molecule has 68 heavy (non-hydrogen) atoms. The van der Waals surface area contributed by atoms with Crippen LogP contribution in [-0.4, -0.2) is 4.57 Å². The molecule has 11 aromatic rings. The summed E-state index contributed by atoms with van der Waals surface area (Å²) in [6.45, 7) is 9.54. The molecule has 0 atom stereocenters. The van der Waals surface area contributed by atoms with Crippen LogP contribution in [0.25, 0.3) is 83.1 Å². The monoisotopic (exact) mass is 870 g/mol. The van der Waals surface area contributed by atoms with Crippen LogP contribution in [0.2, 0.25) is 0 Å². The van der Waals surface area contributed by atoms with E-state index in [-0.39, 0.29) is 10.8 Å². The summed E-state index contributed by atoms with van der Waals surface area (Å²) in [4.78, 5) is 2.43. The lowest BCUT2D eigenvalue weighted by Crippen LogP contribution is -2.17. The summed E-state index contributed by atoms with van der Waals surface area (Å²) in [5.41, 5.74) is 24.9. The summed E-state index contributed by atoms with van der Waals surface area (Å²) in [6.07, 6.45) is 0. The second-order valence-corrected chi connectivity index (χ2v) is 19.7. The number of hydrogen-bond acceptors (Lipinski definition) is 1. The second-order valence-electron chi connectivity index (χ2n) is 19.7. The van der Waals surface area contributed by atoms with E-state index in [9.17, 15) is 0 Å². The molecule has 324 valence electrons. The normalized spacial score (nSPS) is 13.8. The van der Waals surface area contributed by atoms with Gasteiger partial charge in [0, 0.05) is 44.4 Å². The summed E-state index contributed by atoms with van der Waals surface area (Å²) >= 11 is 0. The molecule has 13 rings (SSSR count). The van der Waals surface area contributed by atoms with E-state index >= 15 is 0 Å². The maximum absolute atomic E-state index is 2.43. The van der Waals surface area contributed by atoms with Gasteiger partial charge in [0.15, 0.2) is 0 Å². The lowest BCUT2D eigenvalue weighted by atomic mass is 9.78. The van der Waals surface area contributed by atoms with Crippen LogP contribution in [0.5, 0.6) is 0 Å². The zero-order valence-corrected chi connectivity index (χ0v) is 38.8. The van der Waals surface area contributed by atoms with Crippen molar-refractivity contribution in [3.05, 3.63) is 253 Å². The Kier molecular flexibility index (Phi) is 8.95. The molecule has 1 aromatic heterocycles. The van der Waals surface area contributed by atoms with E-state index in [0.29, 0.717) is 0 Å². The molecule has 2 aliphatic rings. The number of nitrogens with zero attached hydrogens (tertiary/aromatic N) is 2. The fourth-order valence-electron chi connectivity index (χ4n) is 11.9.